The lowest BCUT2D eigenvalue weighted by molar-refractivity contribution is 0.623. The van der Waals surface area contributed by atoms with Crippen molar-refractivity contribution in [3.05, 3.63) is 146 Å². The van der Waals surface area contributed by atoms with Gasteiger partial charge in [-0.25, -0.2) is 19.9 Å². The number of rotatable bonds is 4. The number of hydrogen-bond acceptors (Lipinski definition) is 6. The molecule has 3 heterocycles. The number of oxazole rings is 1. The fourth-order valence-corrected chi connectivity index (χ4v) is 7.90. The predicted molar refractivity (Wildman–Crippen MR) is 197 cm³/mol. The average molecular weight is 633 g/mol. The molecule has 3 aromatic heterocycles. The molecule has 0 aliphatic carbocycles. The summed E-state index contributed by atoms with van der Waals surface area (Å²) in [7, 11) is 0. The Bertz CT molecular complexity index is 2770. The maximum absolute atomic E-state index is 6.41. The van der Waals surface area contributed by atoms with Crippen LogP contribution in [0.4, 0.5) is 0 Å². The highest BCUT2D eigenvalue weighted by atomic mass is 32.1. The van der Waals surface area contributed by atoms with Crippen LogP contribution in [0.15, 0.2) is 150 Å². The van der Waals surface area contributed by atoms with Gasteiger partial charge in [0.1, 0.15) is 5.52 Å². The largest absolute Gasteiger partial charge is 0.435 e. The molecule has 0 saturated carbocycles. The predicted octanol–water partition coefficient (Wildman–Crippen LogP) is 11.4. The van der Waals surface area contributed by atoms with Gasteiger partial charge < -0.3 is 4.42 Å². The average Bonchev–Trinajstić information content (AvgIpc) is 3.78. The molecule has 7 aromatic carbocycles. The van der Waals surface area contributed by atoms with E-state index in [1.165, 1.54) is 26.2 Å². The van der Waals surface area contributed by atoms with Crippen LogP contribution < -0.4 is 0 Å². The minimum Gasteiger partial charge on any atom is -0.435 e. The summed E-state index contributed by atoms with van der Waals surface area (Å²) in [5.41, 5.74) is 5.53. The Hall–Kier alpha value is -6.24. The Labute approximate surface area is 278 Å². The number of fused-ring (bicyclic) bond motifs is 9. The van der Waals surface area contributed by atoms with Crippen LogP contribution in [0.5, 0.6) is 0 Å². The van der Waals surface area contributed by atoms with E-state index in [0.29, 0.717) is 23.4 Å². The molecule has 224 valence electrons. The van der Waals surface area contributed by atoms with E-state index in [9.17, 15) is 0 Å². The maximum atomic E-state index is 6.41. The molecule has 10 aromatic rings. The summed E-state index contributed by atoms with van der Waals surface area (Å²) in [5.74, 6) is 2.59. The molecule has 0 N–H and O–H groups in total. The van der Waals surface area contributed by atoms with Gasteiger partial charge in [-0.15, -0.1) is 11.3 Å². The van der Waals surface area contributed by atoms with E-state index in [4.69, 9.17) is 24.4 Å². The first-order chi connectivity index (χ1) is 23.8. The first-order valence-electron chi connectivity index (χ1n) is 15.8. The third-order valence-corrected chi connectivity index (χ3v) is 10.2. The zero-order valence-corrected chi connectivity index (χ0v) is 26.3. The van der Waals surface area contributed by atoms with Crippen molar-refractivity contribution >= 4 is 64.2 Å². The summed E-state index contributed by atoms with van der Waals surface area (Å²) in [6.07, 6.45) is 0. The minimum atomic E-state index is 0.642. The topological polar surface area (TPSA) is 64.7 Å². The number of thiophene rings is 1. The fraction of sp³-hybridized carbons (Fsp3) is 0. The van der Waals surface area contributed by atoms with Gasteiger partial charge in [-0.3, -0.25) is 0 Å². The van der Waals surface area contributed by atoms with Crippen molar-refractivity contribution in [1.82, 2.24) is 19.9 Å². The zero-order valence-electron chi connectivity index (χ0n) is 25.5. The smallest absolute Gasteiger partial charge is 0.227 e. The van der Waals surface area contributed by atoms with E-state index in [0.717, 1.165) is 48.8 Å². The van der Waals surface area contributed by atoms with Gasteiger partial charge in [-0.1, -0.05) is 121 Å². The van der Waals surface area contributed by atoms with Crippen molar-refractivity contribution in [3.8, 4) is 45.6 Å². The van der Waals surface area contributed by atoms with Crippen molar-refractivity contribution in [2.24, 2.45) is 0 Å². The molecule has 0 spiro atoms. The Morgan fingerprint density at radius 1 is 0.396 bits per heavy atom. The first kappa shape index (κ1) is 26.9. The fourth-order valence-electron chi connectivity index (χ4n) is 6.59. The second kappa shape index (κ2) is 10.7. The van der Waals surface area contributed by atoms with Gasteiger partial charge in [0.15, 0.2) is 23.1 Å². The lowest BCUT2D eigenvalue weighted by Crippen LogP contribution is -2.00. The zero-order chi connectivity index (χ0) is 31.6. The molecule has 0 atom stereocenters. The number of aromatic nitrogens is 4. The molecule has 0 bridgehead atoms. The van der Waals surface area contributed by atoms with Crippen LogP contribution in [0.25, 0.3) is 98.4 Å². The molecular weight excluding hydrogens is 609 g/mol. The highest BCUT2D eigenvalue weighted by Crippen LogP contribution is 2.44. The quantitative estimate of drug-likeness (QED) is 0.181. The molecule has 0 fully saturated rings. The number of hydrogen-bond donors (Lipinski definition) is 0. The van der Waals surface area contributed by atoms with Crippen LogP contribution in [-0.2, 0) is 0 Å². The molecule has 0 aliphatic rings. The lowest BCUT2D eigenvalue weighted by Gasteiger charge is -2.10. The van der Waals surface area contributed by atoms with Gasteiger partial charge in [-0.05, 0) is 40.4 Å². The molecule has 0 saturated heterocycles. The third kappa shape index (κ3) is 4.31. The summed E-state index contributed by atoms with van der Waals surface area (Å²) in [6, 6.07) is 49.9. The van der Waals surface area contributed by atoms with Crippen molar-refractivity contribution < 1.29 is 4.42 Å². The van der Waals surface area contributed by atoms with Gasteiger partial charge in [0.05, 0.1) is 4.70 Å². The molecule has 0 radical (unpaired) electrons. The Balaban J connectivity index is 1.16. The normalized spacial score (nSPS) is 11.8. The first-order valence-corrected chi connectivity index (χ1v) is 16.6. The van der Waals surface area contributed by atoms with Crippen LogP contribution in [0, 0.1) is 0 Å². The molecule has 0 aliphatic heterocycles. The monoisotopic (exact) mass is 632 g/mol. The summed E-state index contributed by atoms with van der Waals surface area (Å²) in [6.45, 7) is 0. The van der Waals surface area contributed by atoms with Crippen molar-refractivity contribution in [2.45, 2.75) is 0 Å². The van der Waals surface area contributed by atoms with E-state index < -0.39 is 0 Å². The van der Waals surface area contributed by atoms with Gasteiger partial charge in [0.25, 0.3) is 0 Å². The summed E-state index contributed by atoms with van der Waals surface area (Å²) >= 11 is 1.77. The number of benzene rings is 7. The van der Waals surface area contributed by atoms with E-state index in [1.54, 1.807) is 11.3 Å². The maximum Gasteiger partial charge on any atom is 0.227 e. The highest BCUT2D eigenvalue weighted by Gasteiger charge is 2.18. The van der Waals surface area contributed by atoms with Crippen LogP contribution in [0.3, 0.4) is 0 Å². The summed E-state index contributed by atoms with van der Waals surface area (Å²) in [4.78, 5) is 19.7. The van der Waals surface area contributed by atoms with Gasteiger partial charge >= 0.3 is 0 Å². The molecule has 0 amide bonds. The Kier molecular flexibility index (Phi) is 5.98. The standard InChI is InChI=1S/C42H24N4OS/c1-4-10-26(11-5-1)39-44-40(27-12-6-2-7-13-27)46-41(45-39)29-17-16-25-18-19-31-30(34(25)24-29)20-21-32-33-22-23-35-36(38(33)48-37(31)32)47-42(43-35)28-14-8-3-9-15-28/h1-24H. The second-order valence-corrected chi connectivity index (χ2v) is 12.9. The minimum absolute atomic E-state index is 0.642. The molecule has 48 heavy (non-hydrogen) atoms. The van der Waals surface area contributed by atoms with Gasteiger partial charge in [-0.2, -0.15) is 0 Å². The van der Waals surface area contributed by atoms with E-state index in [-0.39, 0.29) is 0 Å². The molecule has 10 rings (SSSR count). The van der Waals surface area contributed by atoms with Crippen LogP contribution in [0.1, 0.15) is 0 Å². The molecule has 0 unspecified atom stereocenters. The molecular formula is C42H24N4OS. The SMILES string of the molecule is c1ccc(-c2nc(-c3ccccc3)nc(-c3ccc4ccc5c(ccc6c7ccc8nc(-c9ccccc9)oc8c7sc56)c4c3)n2)cc1. The number of nitrogens with zero attached hydrogens (tertiary/aromatic N) is 4. The van der Waals surface area contributed by atoms with Gasteiger partial charge in [0, 0.05) is 43.1 Å². The van der Waals surface area contributed by atoms with Crippen LogP contribution >= 0.6 is 11.3 Å². The Morgan fingerprint density at radius 3 is 1.60 bits per heavy atom. The van der Waals surface area contributed by atoms with Crippen LogP contribution in [0.2, 0.25) is 0 Å². The second-order valence-electron chi connectivity index (χ2n) is 11.9. The van der Waals surface area contributed by atoms with Crippen LogP contribution in [-0.4, -0.2) is 19.9 Å². The summed E-state index contributed by atoms with van der Waals surface area (Å²) < 4.78 is 8.76. The van der Waals surface area contributed by atoms with Gasteiger partial charge in [0.2, 0.25) is 5.89 Å². The summed E-state index contributed by atoms with van der Waals surface area (Å²) in [5, 5.41) is 7.12. The van der Waals surface area contributed by atoms with Crippen molar-refractivity contribution in [3.63, 3.8) is 0 Å². The lowest BCUT2D eigenvalue weighted by atomic mass is 9.98. The molecule has 5 nitrogen and oxygen atoms in total. The third-order valence-electron chi connectivity index (χ3n) is 8.95. The highest BCUT2D eigenvalue weighted by molar-refractivity contribution is 7.27. The van der Waals surface area contributed by atoms with E-state index in [2.05, 4.69) is 54.6 Å². The van der Waals surface area contributed by atoms with E-state index in [1.807, 2.05) is 91.0 Å². The Morgan fingerprint density at radius 2 is 0.917 bits per heavy atom. The van der Waals surface area contributed by atoms with E-state index >= 15 is 0 Å². The molecule has 6 heteroatoms. The van der Waals surface area contributed by atoms with Crippen molar-refractivity contribution in [1.29, 1.82) is 0 Å². The van der Waals surface area contributed by atoms with Crippen molar-refractivity contribution in [2.75, 3.05) is 0 Å².